The van der Waals surface area contributed by atoms with E-state index in [1.54, 1.807) is 20.8 Å². The molecule has 21 heavy (non-hydrogen) atoms. The highest BCUT2D eigenvalue weighted by Crippen LogP contribution is 2.22. The maximum atomic E-state index is 13.7. The summed E-state index contributed by atoms with van der Waals surface area (Å²) in [5.41, 5.74) is -0.688. The SMILES string of the molecule is CC(F)(P)CN(CCCOS(C)(=O)=O)C(=O)OC(C)(C)C. The van der Waals surface area contributed by atoms with E-state index in [4.69, 9.17) is 4.74 Å². The van der Waals surface area contributed by atoms with E-state index in [9.17, 15) is 17.6 Å². The molecule has 0 bridgehead atoms. The number of ether oxygens (including phenoxy) is 1. The van der Waals surface area contributed by atoms with Crippen LogP contribution in [-0.4, -0.2) is 56.4 Å². The molecule has 0 aromatic carbocycles. The molecule has 0 saturated heterocycles. The van der Waals surface area contributed by atoms with Crippen molar-refractivity contribution >= 4 is 25.5 Å². The fourth-order valence-electron chi connectivity index (χ4n) is 1.40. The topological polar surface area (TPSA) is 72.9 Å². The summed E-state index contributed by atoms with van der Waals surface area (Å²) < 4.78 is 45.2. The molecule has 6 nitrogen and oxygen atoms in total. The van der Waals surface area contributed by atoms with Gasteiger partial charge in [-0.05, 0) is 34.1 Å². The summed E-state index contributed by atoms with van der Waals surface area (Å²) in [6.45, 7) is 6.35. The van der Waals surface area contributed by atoms with E-state index in [0.29, 0.717) is 0 Å². The lowest BCUT2D eigenvalue weighted by Crippen LogP contribution is -2.42. The maximum absolute atomic E-state index is 13.7. The van der Waals surface area contributed by atoms with Gasteiger partial charge in [0, 0.05) is 6.54 Å². The van der Waals surface area contributed by atoms with E-state index in [1.165, 1.54) is 11.8 Å². The monoisotopic (exact) mass is 345 g/mol. The van der Waals surface area contributed by atoms with Crippen LogP contribution in [0.4, 0.5) is 9.18 Å². The van der Waals surface area contributed by atoms with Crippen molar-refractivity contribution in [1.82, 2.24) is 4.90 Å². The summed E-state index contributed by atoms with van der Waals surface area (Å²) in [4.78, 5) is 13.2. The molecule has 2 unspecified atom stereocenters. The van der Waals surface area contributed by atoms with Gasteiger partial charge in [-0.2, -0.15) is 8.42 Å². The standard InChI is InChI=1S/C12H25FNO5PS/c1-11(2,3)19-10(15)14(9-12(4,13)20)7-6-8-18-21(5,16)17/h6-9,20H2,1-5H3. The van der Waals surface area contributed by atoms with Crippen molar-refractivity contribution in [1.29, 1.82) is 0 Å². The van der Waals surface area contributed by atoms with Crippen LogP contribution in [-0.2, 0) is 19.0 Å². The Morgan fingerprint density at radius 1 is 1.29 bits per heavy atom. The van der Waals surface area contributed by atoms with Crippen molar-refractivity contribution in [2.24, 2.45) is 0 Å². The summed E-state index contributed by atoms with van der Waals surface area (Å²) in [5, 5.41) is -1.66. The van der Waals surface area contributed by atoms with E-state index >= 15 is 0 Å². The van der Waals surface area contributed by atoms with Gasteiger partial charge >= 0.3 is 6.09 Å². The molecule has 0 spiro atoms. The summed E-state index contributed by atoms with van der Waals surface area (Å²) in [6.07, 6.45) is 0.556. The Morgan fingerprint density at radius 3 is 2.19 bits per heavy atom. The number of halogens is 1. The minimum Gasteiger partial charge on any atom is -0.444 e. The predicted molar refractivity (Wildman–Crippen MR) is 82.4 cm³/mol. The van der Waals surface area contributed by atoms with Crippen molar-refractivity contribution in [2.75, 3.05) is 26.0 Å². The van der Waals surface area contributed by atoms with E-state index in [2.05, 4.69) is 4.18 Å². The number of carbonyl (C=O) groups is 1. The number of hydrogen-bond acceptors (Lipinski definition) is 5. The van der Waals surface area contributed by atoms with Crippen LogP contribution >= 0.6 is 9.24 Å². The number of rotatable bonds is 7. The molecule has 0 aromatic rings. The minimum atomic E-state index is -3.52. The molecule has 0 rings (SSSR count). The van der Waals surface area contributed by atoms with Crippen LogP contribution in [0.15, 0.2) is 0 Å². The lowest BCUT2D eigenvalue weighted by atomic mass is 10.2. The normalized spacial score (nSPS) is 15.4. The van der Waals surface area contributed by atoms with Gasteiger partial charge in [-0.3, -0.25) is 4.18 Å². The molecule has 0 saturated carbocycles. The van der Waals surface area contributed by atoms with Gasteiger partial charge in [0.1, 0.15) is 11.0 Å². The van der Waals surface area contributed by atoms with E-state index in [-0.39, 0.29) is 26.1 Å². The van der Waals surface area contributed by atoms with Gasteiger partial charge in [0.25, 0.3) is 10.1 Å². The zero-order valence-corrected chi connectivity index (χ0v) is 15.2. The smallest absolute Gasteiger partial charge is 0.410 e. The van der Waals surface area contributed by atoms with Gasteiger partial charge in [0.15, 0.2) is 0 Å². The highest BCUT2D eigenvalue weighted by Gasteiger charge is 2.28. The number of alkyl halides is 1. The summed E-state index contributed by atoms with van der Waals surface area (Å²) in [5.74, 6) is 0. The third kappa shape index (κ3) is 13.0. The van der Waals surface area contributed by atoms with Crippen molar-refractivity contribution < 1.29 is 26.5 Å². The molecule has 126 valence electrons. The molecular weight excluding hydrogens is 320 g/mol. The van der Waals surface area contributed by atoms with Gasteiger partial charge in [-0.15, -0.1) is 0 Å². The predicted octanol–water partition coefficient (Wildman–Crippen LogP) is 2.15. The Kier molecular flexibility index (Phi) is 7.53. The molecule has 0 N–H and O–H groups in total. The van der Waals surface area contributed by atoms with Crippen LogP contribution in [0.2, 0.25) is 0 Å². The summed E-state index contributed by atoms with van der Waals surface area (Å²) in [6, 6.07) is 0. The molecule has 0 aliphatic rings. The maximum Gasteiger partial charge on any atom is 0.410 e. The van der Waals surface area contributed by atoms with Gasteiger partial charge in [0.2, 0.25) is 0 Å². The average Bonchev–Trinajstić information content (AvgIpc) is 2.16. The third-order valence-electron chi connectivity index (χ3n) is 2.02. The zero-order valence-electron chi connectivity index (χ0n) is 13.2. The highest BCUT2D eigenvalue weighted by atomic mass is 32.2. The Hall–Kier alpha value is -0.460. The van der Waals surface area contributed by atoms with Crippen LogP contribution in [0.1, 0.15) is 34.1 Å². The zero-order chi connectivity index (χ0) is 16.9. The van der Waals surface area contributed by atoms with Crippen molar-refractivity contribution in [3.05, 3.63) is 0 Å². The Balaban J connectivity index is 4.57. The van der Waals surface area contributed by atoms with E-state index in [0.717, 1.165) is 6.26 Å². The molecule has 0 aromatic heterocycles. The lowest BCUT2D eigenvalue weighted by Gasteiger charge is -2.30. The molecular formula is C12H25FNO5PS. The van der Waals surface area contributed by atoms with Crippen molar-refractivity contribution in [3.8, 4) is 0 Å². The first-order chi connectivity index (χ1) is 9.20. The first kappa shape index (κ1) is 20.5. The Bertz CT molecular complexity index is 442. The molecule has 2 atom stereocenters. The number of nitrogens with zero attached hydrogens (tertiary/aromatic N) is 1. The quantitative estimate of drug-likeness (QED) is 0.402. The van der Waals surface area contributed by atoms with Crippen LogP contribution in [0.25, 0.3) is 0 Å². The summed E-state index contributed by atoms with van der Waals surface area (Å²) >= 11 is 0. The molecule has 0 fully saturated rings. The van der Waals surface area contributed by atoms with Crippen LogP contribution in [0, 0.1) is 0 Å². The molecule has 0 aliphatic heterocycles. The van der Waals surface area contributed by atoms with Crippen molar-refractivity contribution in [3.63, 3.8) is 0 Å². The average molecular weight is 345 g/mol. The number of hydrogen-bond donors (Lipinski definition) is 0. The van der Waals surface area contributed by atoms with Crippen LogP contribution in [0.5, 0.6) is 0 Å². The van der Waals surface area contributed by atoms with E-state index < -0.39 is 27.2 Å². The first-order valence-electron chi connectivity index (χ1n) is 6.50. The second-order valence-corrected chi connectivity index (χ2v) is 8.91. The summed E-state index contributed by atoms with van der Waals surface area (Å²) in [7, 11) is -1.51. The molecule has 9 heteroatoms. The first-order valence-corrected chi connectivity index (χ1v) is 8.89. The lowest BCUT2D eigenvalue weighted by molar-refractivity contribution is 0.0185. The fraction of sp³-hybridized carbons (Fsp3) is 0.917. The fourth-order valence-corrected chi connectivity index (χ4v) is 2.04. The third-order valence-corrected chi connectivity index (χ3v) is 2.80. The van der Waals surface area contributed by atoms with Crippen LogP contribution in [0.3, 0.4) is 0 Å². The van der Waals surface area contributed by atoms with Gasteiger partial charge in [0.05, 0.1) is 19.4 Å². The second-order valence-electron chi connectivity index (χ2n) is 6.06. The number of carbonyl (C=O) groups excluding carboxylic acids is 1. The Labute approximate surface area is 128 Å². The molecule has 0 aliphatic carbocycles. The molecule has 0 heterocycles. The Morgan fingerprint density at radius 2 is 1.81 bits per heavy atom. The minimum absolute atomic E-state index is 0.0714. The second kappa shape index (κ2) is 7.70. The largest absolute Gasteiger partial charge is 0.444 e. The number of amides is 1. The van der Waals surface area contributed by atoms with Gasteiger partial charge in [-0.1, -0.05) is 9.24 Å². The van der Waals surface area contributed by atoms with Gasteiger partial charge < -0.3 is 9.64 Å². The molecule has 1 amide bonds. The van der Waals surface area contributed by atoms with Crippen LogP contribution < -0.4 is 0 Å². The highest BCUT2D eigenvalue weighted by molar-refractivity contribution is 7.85. The van der Waals surface area contributed by atoms with Gasteiger partial charge in [-0.25, -0.2) is 9.18 Å². The van der Waals surface area contributed by atoms with Crippen molar-refractivity contribution in [2.45, 2.75) is 45.1 Å². The molecule has 0 radical (unpaired) electrons. The van der Waals surface area contributed by atoms with E-state index in [1.807, 2.05) is 9.24 Å².